The highest BCUT2D eigenvalue weighted by atomic mass is 32.1. The standard InChI is InChI=1S/C56H37NS/c1-2-11-45-37-46(24-21-38(45)9-1)41-27-33-48(34-28-41)57(49-35-29-44(30-36-49)52-16-8-17-54-53-14-5-6-18-55(53)58-56(52)54)47-31-25-40(26-32-47)39-19-22-43(23-20-39)51-15-7-12-42-10-3-4-13-50(42)51/h1-37H. The molecule has 0 saturated carbocycles. The van der Waals surface area contributed by atoms with E-state index in [1.165, 1.54) is 86.2 Å². The molecule has 0 aliphatic heterocycles. The molecule has 58 heavy (non-hydrogen) atoms. The zero-order valence-corrected chi connectivity index (χ0v) is 32.5. The highest BCUT2D eigenvalue weighted by Crippen LogP contribution is 2.42. The third-order valence-electron chi connectivity index (χ3n) is 11.5. The van der Waals surface area contributed by atoms with Gasteiger partial charge in [0.1, 0.15) is 0 Å². The van der Waals surface area contributed by atoms with Gasteiger partial charge in [0.25, 0.3) is 0 Å². The minimum atomic E-state index is 1.11. The molecule has 1 nitrogen and oxygen atoms in total. The van der Waals surface area contributed by atoms with Crippen molar-refractivity contribution in [3.8, 4) is 44.5 Å². The van der Waals surface area contributed by atoms with E-state index in [1.54, 1.807) is 0 Å². The number of fused-ring (bicyclic) bond motifs is 5. The molecule has 11 rings (SSSR count). The van der Waals surface area contributed by atoms with Crippen molar-refractivity contribution in [2.45, 2.75) is 0 Å². The van der Waals surface area contributed by atoms with Crippen LogP contribution in [-0.2, 0) is 0 Å². The zero-order chi connectivity index (χ0) is 38.4. The lowest BCUT2D eigenvalue weighted by Crippen LogP contribution is -2.09. The van der Waals surface area contributed by atoms with E-state index in [0.29, 0.717) is 0 Å². The van der Waals surface area contributed by atoms with Crippen molar-refractivity contribution in [1.82, 2.24) is 0 Å². The summed E-state index contributed by atoms with van der Waals surface area (Å²) < 4.78 is 2.66. The van der Waals surface area contributed by atoms with Crippen LogP contribution in [0, 0.1) is 0 Å². The Morgan fingerprint density at radius 1 is 0.276 bits per heavy atom. The predicted octanol–water partition coefficient (Wildman–Crippen LogP) is 16.5. The van der Waals surface area contributed by atoms with Gasteiger partial charge < -0.3 is 4.90 Å². The fourth-order valence-corrected chi connectivity index (χ4v) is 9.74. The van der Waals surface area contributed by atoms with Gasteiger partial charge >= 0.3 is 0 Å². The van der Waals surface area contributed by atoms with Crippen molar-refractivity contribution in [1.29, 1.82) is 0 Å². The summed E-state index contributed by atoms with van der Waals surface area (Å²) in [7, 11) is 0. The average molecular weight is 756 g/mol. The first-order valence-electron chi connectivity index (χ1n) is 19.8. The molecule has 272 valence electrons. The summed E-state index contributed by atoms with van der Waals surface area (Å²) in [6.07, 6.45) is 0. The van der Waals surface area contributed by atoms with Crippen LogP contribution in [0.1, 0.15) is 0 Å². The molecular weight excluding hydrogens is 719 g/mol. The maximum absolute atomic E-state index is 2.36. The Hall–Kier alpha value is -7.26. The van der Waals surface area contributed by atoms with Gasteiger partial charge in [-0.15, -0.1) is 11.3 Å². The van der Waals surface area contributed by atoms with Crippen molar-refractivity contribution in [3.05, 3.63) is 224 Å². The van der Waals surface area contributed by atoms with E-state index in [-0.39, 0.29) is 0 Å². The second-order valence-electron chi connectivity index (χ2n) is 14.9. The van der Waals surface area contributed by atoms with Crippen LogP contribution in [0.15, 0.2) is 224 Å². The second-order valence-corrected chi connectivity index (χ2v) is 16.0. The normalized spacial score (nSPS) is 11.4. The number of hydrogen-bond acceptors (Lipinski definition) is 2. The second kappa shape index (κ2) is 14.4. The van der Waals surface area contributed by atoms with Crippen molar-refractivity contribution in [3.63, 3.8) is 0 Å². The summed E-state index contributed by atoms with van der Waals surface area (Å²) in [4.78, 5) is 2.36. The fourth-order valence-electron chi connectivity index (χ4n) is 8.51. The summed E-state index contributed by atoms with van der Waals surface area (Å²) >= 11 is 1.88. The Balaban J connectivity index is 0.948. The molecule has 0 radical (unpaired) electrons. The lowest BCUT2D eigenvalue weighted by molar-refractivity contribution is 1.28. The van der Waals surface area contributed by atoms with Gasteiger partial charge in [-0.05, 0) is 115 Å². The maximum Gasteiger partial charge on any atom is 0.0462 e. The Morgan fingerprint density at radius 3 is 1.43 bits per heavy atom. The van der Waals surface area contributed by atoms with Gasteiger partial charge in [0.05, 0.1) is 0 Å². The van der Waals surface area contributed by atoms with E-state index in [1.807, 2.05) is 11.3 Å². The molecule has 0 aliphatic carbocycles. The molecule has 2 heteroatoms. The number of benzene rings is 10. The Morgan fingerprint density at radius 2 is 0.724 bits per heavy atom. The Labute approximate surface area is 342 Å². The highest BCUT2D eigenvalue weighted by Gasteiger charge is 2.16. The Bertz CT molecular complexity index is 3240. The minimum absolute atomic E-state index is 1.11. The van der Waals surface area contributed by atoms with Crippen molar-refractivity contribution < 1.29 is 0 Å². The van der Waals surface area contributed by atoms with E-state index >= 15 is 0 Å². The summed E-state index contributed by atoms with van der Waals surface area (Å²) in [6.45, 7) is 0. The number of nitrogens with zero attached hydrogens (tertiary/aromatic N) is 1. The smallest absolute Gasteiger partial charge is 0.0462 e. The topological polar surface area (TPSA) is 3.24 Å². The number of rotatable bonds is 7. The quantitative estimate of drug-likeness (QED) is 0.157. The minimum Gasteiger partial charge on any atom is -0.311 e. The third-order valence-corrected chi connectivity index (χ3v) is 12.7. The predicted molar refractivity (Wildman–Crippen MR) is 251 cm³/mol. The molecule has 0 spiro atoms. The first-order valence-corrected chi connectivity index (χ1v) is 20.6. The van der Waals surface area contributed by atoms with Crippen LogP contribution in [0.4, 0.5) is 17.1 Å². The fraction of sp³-hybridized carbons (Fsp3) is 0. The molecule has 0 saturated heterocycles. The average Bonchev–Trinajstić information content (AvgIpc) is 3.69. The number of thiophene rings is 1. The van der Waals surface area contributed by atoms with Gasteiger partial charge in [0.15, 0.2) is 0 Å². The van der Waals surface area contributed by atoms with Crippen LogP contribution in [0.5, 0.6) is 0 Å². The molecule has 1 heterocycles. The van der Waals surface area contributed by atoms with E-state index in [2.05, 4.69) is 229 Å². The van der Waals surface area contributed by atoms with Gasteiger partial charge in [0.2, 0.25) is 0 Å². The zero-order valence-electron chi connectivity index (χ0n) is 31.7. The molecule has 10 aromatic carbocycles. The molecule has 0 N–H and O–H groups in total. The lowest BCUT2D eigenvalue weighted by atomic mass is 9.96. The molecule has 0 aliphatic rings. The van der Waals surface area contributed by atoms with Crippen molar-refractivity contribution in [2.75, 3.05) is 4.90 Å². The van der Waals surface area contributed by atoms with Crippen molar-refractivity contribution in [2.24, 2.45) is 0 Å². The molecule has 0 amide bonds. The molecule has 0 bridgehead atoms. The van der Waals surface area contributed by atoms with E-state index in [4.69, 9.17) is 0 Å². The Kier molecular flexibility index (Phi) is 8.42. The van der Waals surface area contributed by atoms with Crippen molar-refractivity contribution >= 4 is 70.1 Å². The maximum atomic E-state index is 2.36. The van der Waals surface area contributed by atoms with Gasteiger partial charge in [-0.3, -0.25) is 0 Å². The van der Waals surface area contributed by atoms with Crippen LogP contribution in [-0.4, -0.2) is 0 Å². The van der Waals surface area contributed by atoms with Gasteiger partial charge in [0, 0.05) is 37.2 Å². The SMILES string of the molecule is c1ccc2cc(-c3ccc(N(c4ccc(-c5ccc(-c6cccc7ccccc67)cc5)cc4)c4ccc(-c5cccc6c5sc5ccccc56)cc4)cc3)ccc2c1. The largest absolute Gasteiger partial charge is 0.311 e. The van der Waals surface area contributed by atoms with Crippen LogP contribution < -0.4 is 4.90 Å². The lowest BCUT2D eigenvalue weighted by Gasteiger charge is -2.26. The summed E-state index contributed by atoms with van der Waals surface area (Å²) in [5.41, 5.74) is 13.1. The molecule has 0 fully saturated rings. The molecule has 0 atom stereocenters. The van der Waals surface area contributed by atoms with E-state index in [0.717, 1.165) is 17.1 Å². The van der Waals surface area contributed by atoms with Crippen LogP contribution in [0.3, 0.4) is 0 Å². The number of hydrogen-bond donors (Lipinski definition) is 0. The molecule has 1 aromatic heterocycles. The van der Waals surface area contributed by atoms with Gasteiger partial charge in [-0.2, -0.15) is 0 Å². The van der Waals surface area contributed by atoms with Gasteiger partial charge in [-0.25, -0.2) is 0 Å². The summed E-state index contributed by atoms with van der Waals surface area (Å²) in [5.74, 6) is 0. The number of anilines is 3. The van der Waals surface area contributed by atoms with Gasteiger partial charge in [-0.1, -0.05) is 176 Å². The third kappa shape index (κ3) is 6.12. The van der Waals surface area contributed by atoms with Crippen LogP contribution >= 0.6 is 11.3 Å². The first kappa shape index (κ1) is 34.0. The van der Waals surface area contributed by atoms with Crippen LogP contribution in [0.2, 0.25) is 0 Å². The highest BCUT2D eigenvalue weighted by molar-refractivity contribution is 7.26. The summed E-state index contributed by atoms with van der Waals surface area (Å²) in [5, 5.41) is 7.68. The van der Waals surface area contributed by atoms with Crippen LogP contribution in [0.25, 0.3) is 86.2 Å². The monoisotopic (exact) mass is 755 g/mol. The van der Waals surface area contributed by atoms with E-state index < -0.39 is 0 Å². The molecular formula is C56H37NS. The first-order chi connectivity index (χ1) is 28.7. The van der Waals surface area contributed by atoms with E-state index in [9.17, 15) is 0 Å². The molecule has 0 unspecified atom stereocenters. The summed E-state index contributed by atoms with van der Waals surface area (Å²) in [6, 6.07) is 81.8. The molecule has 11 aromatic rings.